The van der Waals surface area contributed by atoms with Gasteiger partial charge in [0, 0.05) is 0 Å². The van der Waals surface area contributed by atoms with E-state index in [0.29, 0.717) is 0 Å². The first-order chi connectivity index (χ1) is 16.2. The van der Waals surface area contributed by atoms with Crippen molar-refractivity contribution in [3.05, 3.63) is 0 Å². The predicted octanol–water partition coefficient (Wildman–Crippen LogP) is 6.71. The summed E-state index contributed by atoms with van der Waals surface area (Å²) < 4.78 is 203. The van der Waals surface area contributed by atoms with Gasteiger partial charge in [0.1, 0.15) is 0 Å². The van der Waals surface area contributed by atoms with Crippen LogP contribution in [-0.2, 0) is 10.1 Å². The Balaban J connectivity index is 0. The van der Waals surface area contributed by atoms with Gasteiger partial charge in [-0.15, -0.1) is 0 Å². The number of hydrogen-bond acceptors (Lipinski definition) is 3. The average Bonchev–Trinajstić information content (AvgIpc) is 2.78. The van der Waals surface area contributed by atoms with E-state index >= 15 is 0 Å². The van der Waals surface area contributed by atoms with Crippen LogP contribution in [0.2, 0.25) is 0 Å². The molecule has 0 aromatic heterocycles. The van der Waals surface area contributed by atoms with Crippen LogP contribution < -0.4 is 0 Å². The first-order valence-corrected chi connectivity index (χ1v) is 12.3. The van der Waals surface area contributed by atoms with Crippen molar-refractivity contribution in [3.8, 4) is 0 Å². The van der Waals surface area contributed by atoms with Crippen LogP contribution in [-0.4, -0.2) is 84.7 Å². The molecule has 0 saturated heterocycles. The van der Waals surface area contributed by atoms with Crippen LogP contribution in [0.1, 0.15) is 53.9 Å². The zero-order valence-electron chi connectivity index (χ0n) is 20.5. The van der Waals surface area contributed by atoms with Crippen molar-refractivity contribution < 1.29 is 74.5 Å². The standard InChI is InChI=1S/C11H11F13O3S.C8H20N/c1-2-3-4-5(12)6(13,14)7(15,16)8(17,18)9(19,20)10(21,22)11(23,24)28(25,26)27;1-5-9(6-2,7-3)8-4/h5H,2-4H2,1H3,(H,25,26,27);5-8H2,1-4H3/q;+1/p-1. The quantitative estimate of drug-likeness (QED) is 0.127. The Morgan fingerprint density at radius 1 is 0.649 bits per heavy atom. The van der Waals surface area contributed by atoms with E-state index in [-0.39, 0.29) is 6.42 Å². The fraction of sp³-hybridized carbons (Fsp3) is 1.00. The maximum Gasteiger partial charge on any atom is 0.402 e. The van der Waals surface area contributed by atoms with E-state index in [4.69, 9.17) is 0 Å². The second kappa shape index (κ2) is 12.4. The molecule has 0 rings (SSSR count). The Morgan fingerprint density at radius 2 is 0.973 bits per heavy atom. The Kier molecular flexibility index (Phi) is 12.8. The van der Waals surface area contributed by atoms with Crippen molar-refractivity contribution in [2.75, 3.05) is 26.2 Å². The predicted molar refractivity (Wildman–Crippen MR) is 106 cm³/mol. The van der Waals surface area contributed by atoms with Gasteiger partial charge in [0.25, 0.3) is 0 Å². The first-order valence-electron chi connectivity index (χ1n) is 10.9. The number of hydrogen-bond donors (Lipinski definition) is 0. The highest BCUT2D eigenvalue weighted by Gasteiger charge is 2.91. The molecule has 0 heterocycles. The molecule has 0 aromatic rings. The molecule has 1 atom stereocenters. The second-order valence-corrected chi connectivity index (χ2v) is 9.53. The Morgan fingerprint density at radius 3 is 1.22 bits per heavy atom. The van der Waals surface area contributed by atoms with Crippen LogP contribution in [0.4, 0.5) is 57.1 Å². The van der Waals surface area contributed by atoms with Crippen molar-refractivity contribution in [1.29, 1.82) is 0 Å². The third-order valence-corrected chi connectivity index (χ3v) is 7.05. The molecule has 0 aliphatic heterocycles. The maximum atomic E-state index is 13.3. The molecule has 37 heavy (non-hydrogen) atoms. The lowest BCUT2D eigenvalue weighted by Gasteiger charge is -2.42. The molecule has 0 fully saturated rings. The minimum absolute atomic E-state index is 0.180. The fourth-order valence-corrected chi connectivity index (χ4v) is 3.49. The monoisotopic (exact) mass is 599 g/mol. The molecule has 0 radical (unpaired) electrons. The van der Waals surface area contributed by atoms with Gasteiger partial charge in [-0.25, -0.2) is 12.8 Å². The highest BCUT2D eigenvalue weighted by atomic mass is 32.2. The van der Waals surface area contributed by atoms with Crippen LogP contribution in [0, 0.1) is 0 Å². The molecule has 226 valence electrons. The molecular formula is C19H30F13NO3S. The van der Waals surface area contributed by atoms with Gasteiger partial charge in [-0.2, -0.15) is 52.7 Å². The van der Waals surface area contributed by atoms with Gasteiger partial charge in [-0.3, -0.25) is 0 Å². The molecule has 0 aliphatic rings. The molecule has 0 saturated carbocycles. The van der Waals surface area contributed by atoms with Gasteiger partial charge in [0.15, 0.2) is 16.3 Å². The Labute approximate surface area is 206 Å². The molecule has 0 spiro atoms. The van der Waals surface area contributed by atoms with E-state index in [1.165, 1.54) is 37.6 Å². The van der Waals surface area contributed by atoms with E-state index in [0.717, 1.165) is 0 Å². The summed E-state index contributed by atoms with van der Waals surface area (Å²) in [6.07, 6.45) is -6.76. The molecule has 0 aliphatic carbocycles. The first kappa shape index (κ1) is 38.1. The van der Waals surface area contributed by atoms with Gasteiger partial charge < -0.3 is 9.04 Å². The SMILES string of the molecule is CCCCC(F)C(F)(F)C(F)(F)C(F)(F)C(F)(F)C(F)(F)C(F)(F)S(=O)(=O)[O-].CC[N+](CC)(CC)CC. The van der Waals surface area contributed by atoms with E-state index in [1.807, 2.05) is 0 Å². The highest BCUT2D eigenvalue weighted by molar-refractivity contribution is 7.86. The third kappa shape index (κ3) is 6.76. The lowest BCUT2D eigenvalue weighted by atomic mass is 9.91. The van der Waals surface area contributed by atoms with Gasteiger partial charge >= 0.3 is 34.9 Å². The van der Waals surface area contributed by atoms with E-state index in [1.54, 1.807) is 0 Å². The van der Waals surface area contributed by atoms with Gasteiger partial charge in [0.2, 0.25) is 0 Å². The van der Waals surface area contributed by atoms with Gasteiger partial charge in [0.05, 0.1) is 26.2 Å². The number of unbranched alkanes of at least 4 members (excludes halogenated alkanes) is 1. The van der Waals surface area contributed by atoms with Crippen molar-refractivity contribution in [2.24, 2.45) is 0 Å². The number of rotatable bonds is 14. The smallest absolute Gasteiger partial charge is 0.402 e. The second-order valence-electron chi connectivity index (χ2n) is 8.11. The topological polar surface area (TPSA) is 57.2 Å². The zero-order chi connectivity index (χ0) is 30.5. The number of halogens is 13. The lowest BCUT2D eigenvalue weighted by molar-refractivity contribution is -0.921. The third-order valence-electron chi connectivity index (χ3n) is 6.17. The number of alkyl halides is 13. The maximum absolute atomic E-state index is 13.3. The molecule has 0 aromatic carbocycles. The summed E-state index contributed by atoms with van der Waals surface area (Å²) in [6, 6.07) is 0. The molecule has 0 N–H and O–H groups in total. The lowest BCUT2D eigenvalue weighted by Crippen LogP contribution is -2.72. The van der Waals surface area contributed by atoms with Crippen LogP contribution in [0.25, 0.3) is 0 Å². The Hall–Kier alpha value is -1.04. The van der Waals surface area contributed by atoms with Crippen molar-refractivity contribution >= 4 is 10.1 Å². The van der Waals surface area contributed by atoms with Crippen molar-refractivity contribution in [2.45, 2.75) is 94.9 Å². The van der Waals surface area contributed by atoms with Crippen molar-refractivity contribution in [3.63, 3.8) is 0 Å². The summed E-state index contributed by atoms with van der Waals surface area (Å²) in [5.74, 6) is -38.9. The summed E-state index contributed by atoms with van der Waals surface area (Å²) in [5.41, 5.74) is 0. The minimum Gasteiger partial charge on any atom is -0.743 e. The van der Waals surface area contributed by atoms with Gasteiger partial charge in [-0.05, 0) is 34.1 Å². The molecule has 4 nitrogen and oxygen atoms in total. The molecular weight excluding hydrogens is 569 g/mol. The molecule has 1 unspecified atom stereocenters. The molecule has 18 heteroatoms. The molecule has 0 amide bonds. The minimum atomic E-state index is -8.24. The van der Waals surface area contributed by atoms with E-state index in [9.17, 15) is 70.0 Å². The normalized spacial score (nSPS) is 15.8. The van der Waals surface area contributed by atoms with Crippen LogP contribution in [0.3, 0.4) is 0 Å². The Bertz CT molecular complexity index is 799. The van der Waals surface area contributed by atoms with Crippen LogP contribution in [0.5, 0.6) is 0 Å². The largest absolute Gasteiger partial charge is 0.743 e. The summed E-state index contributed by atoms with van der Waals surface area (Å²) in [4.78, 5) is 0. The zero-order valence-corrected chi connectivity index (χ0v) is 21.3. The van der Waals surface area contributed by atoms with E-state index in [2.05, 4.69) is 27.7 Å². The van der Waals surface area contributed by atoms with E-state index < -0.39 is 64.0 Å². The van der Waals surface area contributed by atoms with Crippen LogP contribution >= 0.6 is 0 Å². The summed E-state index contributed by atoms with van der Waals surface area (Å²) in [7, 11) is -7.87. The van der Waals surface area contributed by atoms with Crippen molar-refractivity contribution in [1.82, 2.24) is 0 Å². The highest BCUT2D eigenvalue weighted by Crippen LogP contribution is 2.61. The molecule has 0 bridgehead atoms. The summed E-state index contributed by atoms with van der Waals surface area (Å²) >= 11 is 0. The van der Waals surface area contributed by atoms with Gasteiger partial charge in [-0.1, -0.05) is 19.8 Å². The summed E-state index contributed by atoms with van der Waals surface area (Å²) in [5, 5.41) is -7.62. The summed E-state index contributed by atoms with van der Waals surface area (Å²) in [6.45, 7) is 15.4. The number of nitrogens with zero attached hydrogens (tertiary/aromatic N) is 1. The fourth-order valence-electron chi connectivity index (χ4n) is 3.05. The average molecular weight is 599 g/mol. The number of quaternary nitrogens is 1. The van der Waals surface area contributed by atoms with Crippen LogP contribution in [0.15, 0.2) is 0 Å².